The zero-order valence-corrected chi connectivity index (χ0v) is 13.3. The van der Waals surface area contributed by atoms with E-state index in [2.05, 4.69) is 10.6 Å². The molecule has 2 aromatic carbocycles. The Morgan fingerprint density at radius 1 is 1.10 bits per heavy atom. The lowest BCUT2D eigenvalue weighted by Crippen LogP contribution is -2.18. The summed E-state index contributed by atoms with van der Waals surface area (Å²) >= 11 is 12.0. The maximum absolute atomic E-state index is 11.7. The van der Waals surface area contributed by atoms with Crippen LogP contribution in [0.2, 0.25) is 10.0 Å². The molecule has 5 heteroatoms. The highest BCUT2D eigenvalue weighted by Crippen LogP contribution is 2.22. The minimum Gasteiger partial charge on any atom is -0.381 e. The van der Waals surface area contributed by atoms with E-state index >= 15 is 0 Å². The Morgan fingerprint density at radius 3 is 2.38 bits per heavy atom. The summed E-state index contributed by atoms with van der Waals surface area (Å²) in [4.78, 5) is 11.7. The minimum absolute atomic E-state index is 0.108. The van der Waals surface area contributed by atoms with Crippen LogP contribution in [-0.2, 0) is 6.54 Å². The van der Waals surface area contributed by atoms with Gasteiger partial charge in [-0.1, -0.05) is 29.3 Å². The van der Waals surface area contributed by atoms with Crippen LogP contribution in [0.25, 0.3) is 0 Å². The van der Waals surface area contributed by atoms with E-state index in [1.165, 1.54) is 0 Å². The topological polar surface area (TPSA) is 41.1 Å². The highest BCUT2D eigenvalue weighted by atomic mass is 35.5. The normalized spacial score (nSPS) is 10.3. The van der Waals surface area contributed by atoms with Gasteiger partial charge in [-0.3, -0.25) is 4.79 Å². The molecule has 3 nitrogen and oxygen atoms in total. The second-order valence-electron chi connectivity index (χ2n) is 4.74. The van der Waals surface area contributed by atoms with Gasteiger partial charge in [0.15, 0.2) is 0 Å². The van der Waals surface area contributed by atoms with Gasteiger partial charge >= 0.3 is 0 Å². The van der Waals surface area contributed by atoms with Gasteiger partial charge in [-0.15, -0.1) is 0 Å². The Morgan fingerprint density at radius 2 is 1.76 bits per heavy atom. The van der Waals surface area contributed by atoms with Crippen molar-refractivity contribution in [1.29, 1.82) is 0 Å². The average molecular weight is 323 g/mol. The third kappa shape index (κ3) is 4.13. The molecule has 2 N–H and O–H groups in total. The molecule has 0 atom stereocenters. The molecule has 0 bridgehead atoms. The molecule has 0 heterocycles. The van der Waals surface area contributed by atoms with Gasteiger partial charge in [0.25, 0.3) is 5.91 Å². The Bertz CT molecular complexity index is 651. The molecule has 2 aromatic rings. The molecule has 2 rings (SSSR count). The summed E-state index contributed by atoms with van der Waals surface area (Å²) < 4.78 is 0. The molecule has 0 unspecified atom stereocenters. The van der Waals surface area contributed by atoms with E-state index in [0.29, 0.717) is 22.2 Å². The summed E-state index contributed by atoms with van der Waals surface area (Å²) in [5.41, 5.74) is 3.58. The lowest BCUT2D eigenvalue weighted by molar-refractivity contribution is 0.0963. The molecule has 0 aromatic heterocycles. The summed E-state index contributed by atoms with van der Waals surface area (Å²) in [6.07, 6.45) is 0. The van der Waals surface area contributed by atoms with E-state index in [1.54, 1.807) is 19.2 Å². The molecule has 0 aliphatic carbocycles. The average Bonchev–Trinajstić information content (AvgIpc) is 2.44. The summed E-state index contributed by atoms with van der Waals surface area (Å²) in [5.74, 6) is -0.108. The summed E-state index contributed by atoms with van der Waals surface area (Å²) in [5, 5.41) is 7.13. The van der Waals surface area contributed by atoms with Crippen molar-refractivity contribution < 1.29 is 4.79 Å². The lowest BCUT2D eigenvalue weighted by Gasteiger charge is -2.12. The molecule has 0 fully saturated rings. The second kappa shape index (κ2) is 6.83. The van der Waals surface area contributed by atoms with E-state index in [4.69, 9.17) is 23.2 Å². The SMILES string of the molecule is CNC(=O)c1ccc(C)c(NCc2cc(Cl)cc(Cl)c2)c1. The van der Waals surface area contributed by atoms with Gasteiger partial charge in [-0.2, -0.15) is 0 Å². The van der Waals surface area contributed by atoms with Crippen LogP contribution in [0.3, 0.4) is 0 Å². The van der Waals surface area contributed by atoms with E-state index in [0.717, 1.165) is 16.8 Å². The number of carbonyl (C=O) groups is 1. The van der Waals surface area contributed by atoms with Gasteiger partial charge in [-0.25, -0.2) is 0 Å². The number of benzene rings is 2. The molecule has 1 amide bonds. The first-order chi connectivity index (χ1) is 9.99. The maximum atomic E-state index is 11.7. The van der Waals surface area contributed by atoms with Crippen molar-refractivity contribution >= 4 is 34.8 Å². The van der Waals surface area contributed by atoms with Crippen molar-refractivity contribution in [2.24, 2.45) is 0 Å². The summed E-state index contributed by atoms with van der Waals surface area (Å²) in [6, 6.07) is 11.0. The Kier molecular flexibility index (Phi) is 5.10. The zero-order chi connectivity index (χ0) is 15.4. The molecule has 0 saturated heterocycles. The van der Waals surface area contributed by atoms with Gasteiger partial charge in [-0.05, 0) is 48.4 Å². The number of amides is 1. The Hall–Kier alpha value is -1.71. The van der Waals surface area contributed by atoms with Crippen LogP contribution >= 0.6 is 23.2 Å². The Labute approximate surface area is 134 Å². The molecule has 0 saturated carbocycles. The predicted molar refractivity (Wildman–Crippen MR) is 88.4 cm³/mol. The zero-order valence-electron chi connectivity index (χ0n) is 11.8. The number of rotatable bonds is 4. The Balaban J connectivity index is 2.17. The third-order valence-electron chi connectivity index (χ3n) is 3.13. The highest BCUT2D eigenvalue weighted by molar-refractivity contribution is 6.34. The van der Waals surface area contributed by atoms with Crippen molar-refractivity contribution in [3.63, 3.8) is 0 Å². The number of nitrogens with one attached hydrogen (secondary N) is 2. The highest BCUT2D eigenvalue weighted by Gasteiger charge is 2.06. The standard InChI is InChI=1S/C16H16Cl2N2O/c1-10-3-4-12(16(21)19-2)7-15(10)20-9-11-5-13(17)8-14(18)6-11/h3-8,20H,9H2,1-2H3,(H,19,21). The maximum Gasteiger partial charge on any atom is 0.251 e. The van der Waals surface area contributed by atoms with Gasteiger partial charge < -0.3 is 10.6 Å². The number of hydrogen-bond donors (Lipinski definition) is 2. The summed E-state index contributed by atoms with van der Waals surface area (Å²) in [7, 11) is 1.61. The number of hydrogen-bond acceptors (Lipinski definition) is 2. The monoisotopic (exact) mass is 322 g/mol. The van der Waals surface area contributed by atoms with Gasteiger partial charge in [0.1, 0.15) is 0 Å². The van der Waals surface area contributed by atoms with Crippen LogP contribution < -0.4 is 10.6 Å². The predicted octanol–water partition coefficient (Wildman–Crippen LogP) is 4.27. The van der Waals surface area contributed by atoms with Crippen molar-refractivity contribution in [1.82, 2.24) is 5.32 Å². The third-order valence-corrected chi connectivity index (χ3v) is 3.57. The smallest absolute Gasteiger partial charge is 0.251 e. The fraction of sp³-hybridized carbons (Fsp3) is 0.188. The van der Waals surface area contributed by atoms with E-state index in [-0.39, 0.29) is 5.91 Å². The molecule has 0 aliphatic rings. The fourth-order valence-electron chi connectivity index (χ4n) is 2.01. The largest absolute Gasteiger partial charge is 0.381 e. The fourth-order valence-corrected chi connectivity index (χ4v) is 2.58. The molecule has 0 aliphatic heterocycles. The van der Waals surface area contributed by atoms with Crippen molar-refractivity contribution in [3.05, 3.63) is 63.1 Å². The van der Waals surface area contributed by atoms with Crippen LogP contribution in [-0.4, -0.2) is 13.0 Å². The number of anilines is 1. The van der Waals surface area contributed by atoms with Crippen molar-refractivity contribution in [3.8, 4) is 0 Å². The van der Waals surface area contributed by atoms with Gasteiger partial charge in [0.05, 0.1) is 0 Å². The van der Waals surface area contributed by atoms with Crippen molar-refractivity contribution in [2.75, 3.05) is 12.4 Å². The first-order valence-corrected chi connectivity index (χ1v) is 7.27. The summed E-state index contributed by atoms with van der Waals surface area (Å²) in [6.45, 7) is 2.57. The molecule has 110 valence electrons. The van der Waals surface area contributed by atoms with Gasteiger partial charge in [0.2, 0.25) is 0 Å². The van der Waals surface area contributed by atoms with Crippen LogP contribution in [0.15, 0.2) is 36.4 Å². The van der Waals surface area contributed by atoms with Crippen LogP contribution in [0, 0.1) is 6.92 Å². The number of halogens is 2. The molecule has 0 radical (unpaired) electrons. The first-order valence-electron chi connectivity index (χ1n) is 6.51. The van der Waals surface area contributed by atoms with Crippen LogP contribution in [0.1, 0.15) is 21.5 Å². The molecule has 0 spiro atoms. The van der Waals surface area contributed by atoms with Crippen molar-refractivity contribution in [2.45, 2.75) is 13.5 Å². The second-order valence-corrected chi connectivity index (χ2v) is 5.61. The molecular formula is C16H16Cl2N2O. The van der Waals surface area contributed by atoms with E-state index in [9.17, 15) is 4.79 Å². The number of aryl methyl sites for hydroxylation is 1. The lowest BCUT2D eigenvalue weighted by atomic mass is 10.1. The minimum atomic E-state index is -0.108. The van der Waals surface area contributed by atoms with Crippen LogP contribution in [0.4, 0.5) is 5.69 Å². The van der Waals surface area contributed by atoms with E-state index < -0.39 is 0 Å². The molecule has 21 heavy (non-hydrogen) atoms. The quantitative estimate of drug-likeness (QED) is 0.882. The van der Waals surface area contributed by atoms with E-state index in [1.807, 2.05) is 31.2 Å². The van der Waals surface area contributed by atoms with Gasteiger partial charge in [0, 0.05) is 34.9 Å². The van der Waals surface area contributed by atoms with Crippen LogP contribution in [0.5, 0.6) is 0 Å². The number of carbonyl (C=O) groups excluding carboxylic acids is 1. The first kappa shape index (κ1) is 15.7. The molecular weight excluding hydrogens is 307 g/mol.